The molecule has 1 aromatic carbocycles. The molecule has 0 aliphatic carbocycles. The highest BCUT2D eigenvalue weighted by Crippen LogP contribution is 2.15. The zero-order valence-electron chi connectivity index (χ0n) is 11.4. The number of benzene rings is 1. The van der Waals surface area contributed by atoms with Gasteiger partial charge in [0.2, 0.25) is 0 Å². The van der Waals surface area contributed by atoms with Gasteiger partial charge in [-0.25, -0.2) is 4.79 Å². The summed E-state index contributed by atoms with van der Waals surface area (Å²) < 4.78 is 0. The second-order valence-corrected chi connectivity index (χ2v) is 4.32. The summed E-state index contributed by atoms with van der Waals surface area (Å²) >= 11 is 0. The number of nitrogens with zero attached hydrogens (tertiary/aromatic N) is 2. The lowest BCUT2D eigenvalue weighted by Gasteiger charge is -2.19. The van der Waals surface area contributed by atoms with Crippen LogP contribution in [0.5, 0.6) is 0 Å². The van der Waals surface area contributed by atoms with E-state index in [4.69, 9.17) is 0 Å². The third-order valence-corrected chi connectivity index (χ3v) is 3.20. The Morgan fingerprint density at radius 2 is 1.95 bits per heavy atom. The first-order valence-corrected chi connectivity index (χ1v) is 6.61. The molecule has 1 aromatic heterocycles. The summed E-state index contributed by atoms with van der Waals surface area (Å²) in [5, 5.41) is 4.03. The van der Waals surface area contributed by atoms with E-state index in [-0.39, 0.29) is 6.03 Å². The van der Waals surface area contributed by atoms with E-state index in [2.05, 4.69) is 10.3 Å². The average Bonchev–Trinajstić information content (AvgIpc) is 2.46. The zero-order chi connectivity index (χ0) is 13.7. The summed E-state index contributed by atoms with van der Waals surface area (Å²) in [6.07, 6.45) is 1.78. The molecule has 4 heteroatoms. The van der Waals surface area contributed by atoms with Gasteiger partial charge in [-0.2, -0.15) is 0 Å². The summed E-state index contributed by atoms with van der Waals surface area (Å²) in [6.45, 7) is 5.89. The lowest BCUT2D eigenvalue weighted by atomic mass is 10.1. The van der Waals surface area contributed by atoms with Gasteiger partial charge in [-0.05, 0) is 25.5 Å². The molecular weight excluding hydrogens is 238 g/mol. The van der Waals surface area contributed by atoms with Crippen LogP contribution < -0.4 is 5.32 Å². The van der Waals surface area contributed by atoms with Gasteiger partial charge in [-0.15, -0.1) is 0 Å². The van der Waals surface area contributed by atoms with Gasteiger partial charge in [0.05, 0.1) is 5.52 Å². The zero-order valence-corrected chi connectivity index (χ0v) is 11.4. The van der Waals surface area contributed by atoms with E-state index in [1.807, 2.05) is 44.2 Å². The van der Waals surface area contributed by atoms with Gasteiger partial charge < -0.3 is 10.2 Å². The quantitative estimate of drug-likeness (QED) is 0.915. The largest absolute Gasteiger partial charge is 0.334 e. The van der Waals surface area contributed by atoms with E-state index < -0.39 is 0 Å². The normalized spacial score (nSPS) is 10.4. The first-order chi connectivity index (χ1) is 9.26. The fourth-order valence-corrected chi connectivity index (χ4v) is 2.10. The van der Waals surface area contributed by atoms with Crippen molar-refractivity contribution in [3.05, 3.63) is 42.1 Å². The van der Waals surface area contributed by atoms with Crippen LogP contribution >= 0.6 is 0 Å². The molecule has 0 bridgehead atoms. The molecule has 0 spiro atoms. The smallest absolute Gasteiger partial charge is 0.317 e. The van der Waals surface area contributed by atoms with E-state index in [1.165, 1.54) is 0 Å². The van der Waals surface area contributed by atoms with Crippen LogP contribution in [0.2, 0.25) is 0 Å². The van der Waals surface area contributed by atoms with Crippen LogP contribution in [0, 0.1) is 0 Å². The number of aromatic nitrogens is 1. The topological polar surface area (TPSA) is 45.2 Å². The molecule has 0 unspecified atom stereocenters. The first kappa shape index (κ1) is 13.3. The van der Waals surface area contributed by atoms with Gasteiger partial charge in [-0.1, -0.05) is 24.3 Å². The molecule has 1 heterocycles. The molecule has 2 amide bonds. The summed E-state index contributed by atoms with van der Waals surface area (Å²) in [5.74, 6) is 0. The van der Waals surface area contributed by atoms with Crippen LogP contribution in [-0.4, -0.2) is 29.0 Å². The molecule has 0 saturated heterocycles. The molecule has 1 N–H and O–H groups in total. The predicted molar refractivity (Wildman–Crippen MR) is 76.9 cm³/mol. The Labute approximate surface area is 113 Å². The van der Waals surface area contributed by atoms with E-state index in [1.54, 1.807) is 11.1 Å². The third-order valence-electron chi connectivity index (χ3n) is 3.20. The molecule has 0 saturated carbocycles. The summed E-state index contributed by atoms with van der Waals surface area (Å²) in [4.78, 5) is 18.1. The van der Waals surface area contributed by atoms with Crippen LogP contribution in [0.3, 0.4) is 0 Å². The van der Waals surface area contributed by atoms with Gasteiger partial charge in [0.1, 0.15) is 0 Å². The summed E-state index contributed by atoms with van der Waals surface area (Å²) in [5.41, 5.74) is 1.99. The van der Waals surface area contributed by atoms with Crippen molar-refractivity contribution in [2.45, 2.75) is 20.4 Å². The van der Waals surface area contributed by atoms with Gasteiger partial charge >= 0.3 is 6.03 Å². The highest BCUT2D eigenvalue weighted by Gasteiger charge is 2.09. The monoisotopic (exact) mass is 257 g/mol. The maximum absolute atomic E-state index is 11.9. The van der Waals surface area contributed by atoms with Crippen LogP contribution in [0.4, 0.5) is 4.79 Å². The van der Waals surface area contributed by atoms with Gasteiger partial charge in [0, 0.05) is 31.2 Å². The molecule has 0 aliphatic heterocycles. The molecule has 0 fully saturated rings. The van der Waals surface area contributed by atoms with E-state index in [0.717, 1.165) is 29.6 Å². The highest BCUT2D eigenvalue weighted by atomic mass is 16.2. The van der Waals surface area contributed by atoms with Crippen molar-refractivity contribution in [2.75, 3.05) is 13.1 Å². The molecule has 4 nitrogen and oxygen atoms in total. The number of para-hydroxylation sites is 1. The number of nitrogens with one attached hydrogen (secondary N) is 1. The van der Waals surface area contributed by atoms with Gasteiger partial charge in [-0.3, -0.25) is 4.98 Å². The van der Waals surface area contributed by atoms with Crippen LogP contribution in [-0.2, 0) is 6.54 Å². The van der Waals surface area contributed by atoms with Crippen LogP contribution in [0.1, 0.15) is 19.4 Å². The van der Waals surface area contributed by atoms with E-state index in [9.17, 15) is 4.79 Å². The van der Waals surface area contributed by atoms with Crippen molar-refractivity contribution in [3.63, 3.8) is 0 Å². The number of hydrogen-bond donors (Lipinski definition) is 1. The maximum Gasteiger partial charge on any atom is 0.317 e. The third kappa shape index (κ3) is 3.02. The van der Waals surface area contributed by atoms with Crippen molar-refractivity contribution in [3.8, 4) is 0 Å². The Bertz CT molecular complexity index is 559. The number of fused-ring (bicyclic) bond motifs is 1. The fourth-order valence-electron chi connectivity index (χ4n) is 2.10. The number of hydrogen-bond acceptors (Lipinski definition) is 2. The predicted octanol–water partition coefficient (Wildman–Crippen LogP) is 2.79. The number of carbonyl (C=O) groups excluding carboxylic acids is 1. The molecule has 0 aliphatic rings. The fraction of sp³-hybridized carbons (Fsp3) is 0.333. The second kappa shape index (κ2) is 6.18. The first-order valence-electron chi connectivity index (χ1n) is 6.61. The Morgan fingerprint density at radius 1 is 1.21 bits per heavy atom. The minimum absolute atomic E-state index is 0.0297. The molecule has 0 atom stereocenters. The maximum atomic E-state index is 11.9. The van der Waals surface area contributed by atoms with Gasteiger partial charge in [0.25, 0.3) is 0 Å². The molecule has 19 heavy (non-hydrogen) atoms. The van der Waals surface area contributed by atoms with Crippen molar-refractivity contribution in [1.82, 2.24) is 15.2 Å². The number of carbonyl (C=O) groups is 1. The minimum atomic E-state index is -0.0297. The standard InChI is InChI=1S/C15H19N3O/c1-3-18(4-2)15(19)17-11-13-8-5-7-12-9-6-10-16-14(12)13/h5-10H,3-4,11H2,1-2H3,(H,17,19). The Kier molecular flexibility index (Phi) is 4.34. The van der Waals surface area contributed by atoms with Gasteiger partial charge in [0.15, 0.2) is 0 Å². The second-order valence-electron chi connectivity index (χ2n) is 4.32. The van der Waals surface area contributed by atoms with E-state index in [0.29, 0.717) is 6.54 Å². The Hall–Kier alpha value is -2.10. The summed E-state index contributed by atoms with van der Waals surface area (Å²) in [6, 6.07) is 9.93. The lowest BCUT2D eigenvalue weighted by molar-refractivity contribution is 0.203. The summed E-state index contributed by atoms with van der Waals surface area (Å²) in [7, 11) is 0. The number of amides is 2. The van der Waals surface area contributed by atoms with Crippen molar-refractivity contribution in [2.24, 2.45) is 0 Å². The Morgan fingerprint density at radius 3 is 2.68 bits per heavy atom. The number of urea groups is 1. The van der Waals surface area contributed by atoms with E-state index >= 15 is 0 Å². The van der Waals surface area contributed by atoms with Crippen molar-refractivity contribution in [1.29, 1.82) is 0 Å². The molecule has 2 rings (SSSR count). The van der Waals surface area contributed by atoms with Crippen LogP contribution in [0.25, 0.3) is 10.9 Å². The van der Waals surface area contributed by atoms with Crippen LogP contribution in [0.15, 0.2) is 36.5 Å². The van der Waals surface area contributed by atoms with Crippen molar-refractivity contribution >= 4 is 16.9 Å². The SMILES string of the molecule is CCN(CC)C(=O)NCc1cccc2cccnc12. The van der Waals surface area contributed by atoms with Crippen molar-refractivity contribution < 1.29 is 4.79 Å². The molecule has 2 aromatic rings. The number of rotatable bonds is 4. The minimum Gasteiger partial charge on any atom is -0.334 e. The average molecular weight is 257 g/mol. The lowest BCUT2D eigenvalue weighted by Crippen LogP contribution is -2.39. The molecule has 100 valence electrons. The Balaban J connectivity index is 2.12. The molecular formula is C15H19N3O. The number of pyridine rings is 1. The molecule has 0 radical (unpaired) electrons. The highest BCUT2D eigenvalue weighted by molar-refractivity contribution is 5.82.